The Bertz CT molecular complexity index is 351. The molecular weight excluding hydrogens is 292 g/mol. The Morgan fingerprint density at radius 2 is 1.12 bits per heavy atom. The standard InChI is InChI=1S/C23H40O/c1-4-5-6-7-8-9-10-11-12-13-14-15-16-17-18-19-20-21-22-23(2,3)24/h1,5-6,17-18,24H,7-16,19-22H2,2-3H3/b6-5-,18-17-. The van der Waals surface area contributed by atoms with Crippen molar-refractivity contribution in [3.05, 3.63) is 24.3 Å². The van der Waals surface area contributed by atoms with E-state index in [2.05, 4.69) is 24.1 Å². The smallest absolute Gasteiger partial charge is 0.0591 e. The van der Waals surface area contributed by atoms with Gasteiger partial charge in [0, 0.05) is 0 Å². The topological polar surface area (TPSA) is 20.2 Å². The van der Waals surface area contributed by atoms with Crippen LogP contribution in [0.2, 0.25) is 0 Å². The van der Waals surface area contributed by atoms with Gasteiger partial charge in [0.2, 0.25) is 0 Å². The third-order valence-corrected chi connectivity index (χ3v) is 4.28. The van der Waals surface area contributed by atoms with Crippen LogP contribution in [0.4, 0.5) is 0 Å². The van der Waals surface area contributed by atoms with Gasteiger partial charge in [-0.2, -0.15) is 0 Å². The van der Waals surface area contributed by atoms with E-state index in [0.29, 0.717) is 0 Å². The van der Waals surface area contributed by atoms with E-state index in [0.717, 1.165) is 25.7 Å². The van der Waals surface area contributed by atoms with Crippen molar-refractivity contribution in [2.45, 2.75) is 109 Å². The first-order valence-electron chi connectivity index (χ1n) is 10.0. The lowest BCUT2D eigenvalue weighted by molar-refractivity contribution is 0.0683. The summed E-state index contributed by atoms with van der Waals surface area (Å²) < 4.78 is 0. The Balaban J connectivity index is 3.16. The fourth-order valence-electron chi connectivity index (χ4n) is 2.79. The highest BCUT2D eigenvalue weighted by Gasteiger charge is 2.10. The summed E-state index contributed by atoms with van der Waals surface area (Å²) in [7, 11) is 0. The second kappa shape index (κ2) is 16.8. The van der Waals surface area contributed by atoms with E-state index in [1.165, 1.54) is 64.2 Å². The molecule has 0 aliphatic carbocycles. The van der Waals surface area contributed by atoms with Crippen molar-refractivity contribution in [3.8, 4) is 12.3 Å². The normalized spacial score (nSPS) is 12.2. The van der Waals surface area contributed by atoms with Crippen LogP contribution in [-0.2, 0) is 0 Å². The molecule has 0 amide bonds. The molecule has 0 fully saturated rings. The third-order valence-electron chi connectivity index (χ3n) is 4.28. The van der Waals surface area contributed by atoms with Crippen molar-refractivity contribution in [2.75, 3.05) is 0 Å². The van der Waals surface area contributed by atoms with Crippen LogP contribution in [0.1, 0.15) is 104 Å². The van der Waals surface area contributed by atoms with Crippen LogP contribution in [-0.4, -0.2) is 10.7 Å². The van der Waals surface area contributed by atoms with Crippen molar-refractivity contribution in [3.63, 3.8) is 0 Å². The van der Waals surface area contributed by atoms with Gasteiger partial charge in [0.15, 0.2) is 0 Å². The summed E-state index contributed by atoms with van der Waals surface area (Å²) in [5.41, 5.74) is -0.497. The molecule has 24 heavy (non-hydrogen) atoms. The molecule has 0 aliphatic heterocycles. The van der Waals surface area contributed by atoms with E-state index in [4.69, 9.17) is 6.42 Å². The first-order valence-corrected chi connectivity index (χ1v) is 10.0. The number of allylic oxidation sites excluding steroid dienone is 4. The minimum absolute atomic E-state index is 0.497. The molecular formula is C23H40O. The maximum atomic E-state index is 9.63. The molecule has 0 aromatic heterocycles. The third kappa shape index (κ3) is 21.0. The average Bonchev–Trinajstić information content (AvgIpc) is 2.52. The highest BCUT2D eigenvalue weighted by molar-refractivity contribution is 5.08. The highest BCUT2D eigenvalue weighted by Crippen LogP contribution is 2.14. The van der Waals surface area contributed by atoms with Crippen LogP contribution in [0.5, 0.6) is 0 Å². The Kier molecular flexibility index (Phi) is 16.1. The van der Waals surface area contributed by atoms with E-state index in [1.807, 2.05) is 19.9 Å². The fraction of sp³-hybridized carbons (Fsp3) is 0.739. The van der Waals surface area contributed by atoms with E-state index >= 15 is 0 Å². The van der Waals surface area contributed by atoms with Crippen LogP contribution >= 0.6 is 0 Å². The lowest BCUT2D eigenvalue weighted by Crippen LogP contribution is -2.17. The largest absolute Gasteiger partial charge is 0.390 e. The molecule has 0 heterocycles. The predicted octanol–water partition coefficient (Wildman–Crippen LogP) is 6.96. The van der Waals surface area contributed by atoms with Crippen LogP contribution in [0.25, 0.3) is 0 Å². The summed E-state index contributed by atoms with van der Waals surface area (Å²) in [6, 6.07) is 0. The molecule has 0 rings (SSSR count). The van der Waals surface area contributed by atoms with E-state index in [9.17, 15) is 5.11 Å². The SMILES string of the molecule is C#C/C=C\CCCCCCCCCC/C=C\CCCCC(C)(C)O. The molecule has 138 valence electrons. The number of rotatable bonds is 16. The quantitative estimate of drug-likeness (QED) is 0.184. The van der Waals surface area contributed by atoms with Gasteiger partial charge in [0.25, 0.3) is 0 Å². The predicted molar refractivity (Wildman–Crippen MR) is 108 cm³/mol. The summed E-state index contributed by atoms with van der Waals surface area (Å²) in [6.07, 6.45) is 31.3. The number of terminal acetylenes is 1. The molecule has 0 aromatic carbocycles. The van der Waals surface area contributed by atoms with Gasteiger partial charge in [-0.1, -0.05) is 69.1 Å². The molecule has 0 spiro atoms. The lowest BCUT2D eigenvalue weighted by atomic mass is 10.0. The van der Waals surface area contributed by atoms with Gasteiger partial charge in [0.1, 0.15) is 0 Å². The van der Waals surface area contributed by atoms with Gasteiger partial charge in [-0.05, 0) is 64.9 Å². The van der Waals surface area contributed by atoms with Gasteiger partial charge in [0.05, 0.1) is 5.60 Å². The molecule has 0 bridgehead atoms. The van der Waals surface area contributed by atoms with Gasteiger partial charge in [-0.15, -0.1) is 6.42 Å². The van der Waals surface area contributed by atoms with Crippen LogP contribution in [0.15, 0.2) is 24.3 Å². The maximum absolute atomic E-state index is 9.63. The fourth-order valence-corrected chi connectivity index (χ4v) is 2.79. The van der Waals surface area contributed by atoms with Crippen LogP contribution in [0.3, 0.4) is 0 Å². The van der Waals surface area contributed by atoms with Crippen LogP contribution < -0.4 is 0 Å². The summed E-state index contributed by atoms with van der Waals surface area (Å²) >= 11 is 0. The summed E-state index contributed by atoms with van der Waals surface area (Å²) in [4.78, 5) is 0. The molecule has 0 saturated carbocycles. The first-order chi connectivity index (χ1) is 11.6. The van der Waals surface area contributed by atoms with E-state index in [1.54, 1.807) is 0 Å². The zero-order valence-electron chi connectivity index (χ0n) is 16.2. The lowest BCUT2D eigenvalue weighted by Gasteiger charge is -2.15. The Hall–Kier alpha value is -1.00. The molecule has 0 radical (unpaired) electrons. The molecule has 0 unspecified atom stereocenters. The molecule has 1 N–H and O–H groups in total. The molecule has 0 atom stereocenters. The average molecular weight is 333 g/mol. The zero-order valence-corrected chi connectivity index (χ0v) is 16.2. The number of hydrogen-bond donors (Lipinski definition) is 1. The maximum Gasteiger partial charge on any atom is 0.0591 e. The van der Waals surface area contributed by atoms with Gasteiger partial charge >= 0.3 is 0 Å². The minimum Gasteiger partial charge on any atom is -0.390 e. The van der Waals surface area contributed by atoms with Gasteiger partial charge < -0.3 is 5.11 Å². The van der Waals surface area contributed by atoms with Crippen LogP contribution in [0, 0.1) is 12.3 Å². The van der Waals surface area contributed by atoms with Crippen molar-refractivity contribution in [2.24, 2.45) is 0 Å². The summed E-state index contributed by atoms with van der Waals surface area (Å²) in [6.45, 7) is 3.78. The number of hydrogen-bond acceptors (Lipinski definition) is 1. The van der Waals surface area contributed by atoms with E-state index < -0.39 is 5.60 Å². The van der Waals surface area contributed by atoms with Gasteiger partial charge in [-0.25, -0.2) is 0 Å². The first kappa shape index (κ1) is 23.0. The molecule has 0 aromatic rings. The summed E-state index contributed by atoms with van der Waals surface area (Å²) in [5, 5.41) is 9.63. The monoisotopic (exact) mass is 332 g/mol. The zero-order chi connectivity index (χ0) is 17.9. The molecule has 1 nitrogen and oxygen atoms in total. The Labute approximate surface area is 151 Å². The Morgan fingerprint density at radius 1 is 0.708 bits per heavy atom. The van der Waals surface area contributed by atoms with E-state index in [-0.39, 0.29) is 0 Å². The van der Waals surface area contributed by atoms with Crippen molar-refractivity contribution >= 4 is 0 Å². The summed E-state index contributed by atoms with van der Waals surface area (Å²) in [5.74, 6) is 2.53. The highest BCUT2D eigenvalue weighted by atomic mass is 16.3. The molecule has 0 saturated heterocycles. The second-order valence-corrected chi connectivity index (χ2v) is 7.50. The molecule has 0 aliphatic rings. The molecule has 1 heteroatoms. The van der Waals surface area contributed by atoms with Gasteiger partial charge in [-0.3, -0.25) is 0 Å². The van der Waals surface area contributed by atoms with Crippen molar-refractivity contribution < 1.29 is 5.11 Å². The van der Waals surface area contributed by atoms with Crippen molar-refractivity contribution in [1.82, 2.24) is 0 Å². The van der Waals surface area contributed by atoms with Crippen molar-refractivity contribution in [1.29, 1.82) is 0 Å². The second-order valence-electron chi connectivity index (χ2n) is 7.50. The number of aliphatic hydroxyl groups is 1. The minimum atomic E-state index is -0.497. The Morgan fingerprint density at radius 3 is 1.58 bits per heavy atom. The number of unbranched alkanes of at least 4 members (excludes halogenated alkanes) is 11.